The van der Waals surface area contributed by atoms with Crippen LogP contribution >= 0.6 is 0 Å². The summed E-state index contributed by atoms with van der Waals surface area (Å²) in [5, 5.41) is 0. The third-order valence-corrected chi connectivity index (χ3v) is 2.20. The number of ether oxygens (including phenoxy) is 1. The highest BCUT2D eigenvalue weighted by Gasteiger charge is 2.12. The van der Waals surface area contributed by atoms with Crippen molar-refractivity contribution in [1.29, 1.82) is 0 Å². The summed E-state index contributed by atoms with van der Waals surface area (Å²) in [5.41, 5.74) is 2.14. The van der Waals surface area contributed by atoms with E-state index in [4.69, 9.17) is 4.74 Å². The van der Waals surface area contributed by atoms with Gasteiger partial charge < -0.3 is 4.74 Å². The van der Waals surface area contributed by atoms with Crippen molar-refractivity contribution >= 4 is 5.97 Å². The summed E-state index contributed by atoms with van der Waals surface area (Å²) < 4.78 is 4.93. The first-order chi connectivity index (χ1) is 9.84. The Morgan fingerprint density at radius 2 is 1.43 bits per heavy atom. The Morgan fingerprint density at radius 3 is 1.76 bits per heavy atom. The minimum Gasteiger partial charge on any atom is -0.462 e. The first-order valence-corrected chi connectivity index (χ1v) is 8.10. The highest BCUT2D eigenvalue weighted by atomic mass is 16.5. The minimum atomic E-state index is -0.246. The molecular formula is C19H34O2. The van der Waals surface area contributed by atoms with Crippen molar-refractivity contribution in [3.63, 3.8) is 0 Å². The van der Waals surface area contributed by atoms with E-state index in [1.165, 1.54) is 12.0 Å². The van der Waals surface area contributed by atoms with Gasteiger partial charge in [0.15, 0.2) is 0 Å². The fourth-order valence-electron chi connectivity index (χ4n) is 1.59. The maximum absolute atomic E-state index is 11.4. The van der Waals surface area contributed by atoms with Crippen LogP contribution in [0.25, 0.3) is 0 Å². The van der Waals surface area contributed by atoms with Crippen molar-refractivity contribution < 1.29 is 9.53 Å². The van der Waals surface area contributed by atoms with Crippen LogP contribution in [0, 0.1) is 5.41 Å². The summed E-state index contributed by atoms with van der Waals surface area (Å²) in [6.45, 7) is 17.1. The molecule has 0 aliphatic heterocycles. The molecule has 0 bridgehead atoms. The second kappa shape index (κ2) is 12.4. The molecule has 0 amide bonds. The average molecular weight is 294 g/mol. The molecule has 0 aromatic heterocycles. The molecule has 1 rings (SSSR count). The average Bonchev–Trinajstić information content (AvgIpc) is 2.41. The van der Waals surface area contributed by atoms with Crippen LogP contribution < -0.4 is 0 Å². The highest BCUT2D eigenvalue weighted by molar-refractivity contribution is 5.89. The van der Waals surface area contributed by atoms with Gasteiger partial charge in [-0.15, -0.1) is 0 Å². The van der Waals surface area contributed by atoms with Crippen molar-refractivity contribution in [3.8, 4) is 0 Å². The van der Waals surface area contributed by atoms with Crippen LogP contribution in [0.5, 0.6) is 0 Å². The van der Waals surface area contributed by atoms with Gasteiger partial charge in [-0.3, -0.25) is 0 Å². The Labute approximate surface area is 131 Å². The Morgan fingerprint density at radius 1 is 1.00 bits per heavy atom. The molecule has 21 heavy (non-hydrogen) atoms. The fraction of sp³-hybridized carbons (Fsp3) is 0.632. The van der Waals surface area contributed by atoms with Crippen LogP contribution in [0.1, 0.15) is 77.7 Å². The summed E-state index contributed by atoms with van der Waals surface area (Å²) in [6, 6.07) is 7.66. The standard InChI is InChI=1S/C14H20O2.C3H8.C2H6/c1-5-16-13(15)12-8-6-11(7-9-12)10-14(2,3)4;1-3-2;1-2/h6-9H,5,10H2,1-4H3;3H2,1-2H3;1-2H3. The second-order valence-corrected chi connectivity index (χ2v) is 5.86. The van der Waals surface area contributed by atoms with E-state index in [9.17, 15) is 4.79 Å². The van der Waals surface area contributed by atoms with Crippen LogP contribution in [0.3, 0.4) is 0 Å². The van der Waals surface area contributed by atoms with Gasteiger partial charge in [-0.2, -0.15) is 0 Å². The number of benzene rings is 1. The van der Waals surface area contributed by atoms with E-state index in [0.29, 0.717) is 12.2 Å². The molecule has 0 saturated heterocycles. The molecule has 0 heterocycles. The molecular weight excluding hydrogens is 260 g/mol. The molecule has 122 valence electrons. The van der Waals surface area contributed by atoms with Gasteiger partial charge in [0.25, 0.3) is 0 Å². The largest absolute Gasteiger partial charge is 0.462 e. The van der Waals surface area contributed by atoms with Crippen molar-refractivity contribution in [2.24, 2.45) is 5.41 Å². The molecule has 0 spiro atoms. The normalized spacial score (nSPS) is 9.71. The van der Waals surface area contributed by atoms with Crippen LogP contribution in [-0.2, 0) is 11.2 Å². The van der Waals surface area contributed by atoms with E-state index in [-0.39, 0.29) is 11.4 Å². The molecule has 2 nitrogen and oxygen atoms in total. The first kappa shape index (κ1) is 22.0. The zero-order chi connectivity index (χ0) is 16.9. The predicted octanol–water partition coefficient (Wildman–Crippen LogP) is 5.89. The monoisotopic (exact) mass is 294 g/mol. The smallest absolute Gasteiger partial charge is 0.338 e. The third-order valence-electron chi connectivity index (χ3n) is 2.20. The molecule has 2 heteroatoms. The number of carbonyl (C=O) groups is 1. The molecule has 0 atom stereocenters. The Bertz CT molecular complexity index is 358. The van der Waals surface area contributed by atoms with Gasteiger partial charge in [0, 0.05) is 0 Å². The minimum absolute atomic E-state index is 0.246. The lowest BCUT2D eigenvalue weighted by Crippen LogP contribution is -2.09. The maximum Gasteiger partial charge on any atom is 0.338 e. The molecule has 0 aliphatic rings. The Kier molecular flexibility index (Phi) is 13.0. The van der Waals surface area contributed by atoms with Crippen molar-refractivity contribution in [2.75, 3.05) is 6.61 Å². The van der Waals surface area contributed by atoms with Crippen LogP contribution in [0.15, 0.2) is 24.3 Å². The molecule has 0 saturated carbocycles. The SMILES string of the molecule is CC.CCC.CCOC(=O)c1ccc(CC(C)(C)C)cc1. The lowest BCUT2D eigenvalue weighted by molar-refractivity contribution is 0.0526. The summed E-state index contributed by atoms with van der Waals surface area (Å²) in [5.74, 6) is -0.246. The lowest BCUT2D eigenvalue weighted by Gasteiger charge is -2.18. The molecule has 1 aromatic rings. The Hall–Kier alpha value is -1.31. The summed E-state index contributed by atoms with van der Waals surface area (Å²) in [4.78, 5) is 11.4. The summed E-state index contributed by atoms with van der Waals surface area (Å²) in [6.07, 6.45) is 2.26. The third kappa shape index (κ3) is 12.2. The van der Waals surface area contributed by atoms with Crippen LogP contribution in [-0.4, -0.2) is 12.6 Å². The van der Waals surface area contributed by atoms with Crippen LogP contribution in [0.2, 0.25) is 0 Å². The molecule has 0 aliphatic carbocycles. The number of rotatable bonds is 3. The van der Waals surface area contributed by atoms with Gasteiger partial charge in [-0.05, 0) is 36.5 Å². The van der Waals surface area contributed by atoms with E-state index < -0.39 is 0 Å². The van der Waals surface area contributed by atoms with Crippen molar-refractivity contribution in [3.05, 3.63) is 35.4 Å². The van der Waals surface area contributed by atoms with Gasteiger partial charge in [0.2, 0.25) is 0 Å². The molecule has 0 N–H and O–H groups in total. The van der Waals surface area contributed by atoms with E-state index in [1.54, 1.807) is 0 Å². The molecule has 0 fully saturated rings. The topological polar surface area (TPSA) is 26.3 Å². The first-order valence-electron chi connectivity index (χ1n) is 8.10. The number of esters is 1. The molecule has 0 unspecified atom stereocenters. The zero-order valence-corrected chi connectivity index (χ0v) is 15.2. The molecule has 1 aromatic carbocycles. The maximum atomic E-state index is 11.4. The zero-order valence-electron chi connectivity index (χ0n) is 15.2. The van der Waals surface area contributed by atoms with Gasteiger partial charge in [0.05, 0.1) is 12.2 Å². The van der Waals surface area contributed by atoms with E-state index in [2.05, 4.69) is 34.6 Å². The lowest BCUT2D eigenvalue weighted by atomic mass is 9.88. The fourth-order valence-corrected chi connectivity index (χ4v) is 1.59. The number of hydrogen-bond donors (Lipinski definition) is 0. The highest BCUT2D eigenvalue weighted by Crippen LogP contribution is 2.20. The van der Waals surface area contributed by atoms with Crippen molar-refractivity contribution in [1.82, 2.24) is 0 Å². The van der Waals surface area contributed by atoms with E-state index in [0.717, 1.165) is 6.42 Å². The quantitative estimate of drug-likeness (QED) is 0.649. The second-order valence-electron chi connectivity index (χ2n) is 5.86. The summed E-state index contributed by atoms with van der Waals surface area (Å²) in [7, 11) is 0. The van der Waals surface area contributed by atoms with Crippen LogP contribution in [0.4, 0.5) is 0 Å². The number of carbonyl (C=O) groups excluding carboxylic acids is 1. The summed E-state index contributed by atoms with van der Waals surface area (Å²) >= 11 is 0. The van der Waals surface area contributed by atoms with E-state index >= 15 is 0 Å². The van der Waals surface area contributed by atoms with E-state index in [1.807, 2.05) is 45.0 Å². The van der Waals surface area contributed by atoms with Gasteiger partial charge >= 0.3 is 5.97 Å². The van der Waals surface area contributed by atoms with Gasteiger partial charge in [-0.1, -0.05) is 67.0 Å². The van der Waals surface area contributed by atoms with Gasteiger partial charge in [-0.25, -0.2) is 4.79 Å². The number of hydrogen-bond acceptors (Lipinski definition) is 2. The molecule has 0 radical (unpaired) electrons. The van der Waals surface area contributed by atoms with Crippen molar-refractivity contribution in [2.45, 2.75) is 68.2 Å². The van der Waals surface area contributed by atoms with Gasteiger partial charge in [0.1, 0.15) is 0 Å². The Balaban J connectivity index is 0. The predicted molar refractivity (Wildman–Crippen MR) is 92.9 cm³/mol.